The molecule has 2 aromatic carbocycles. The maximum atomic E-state index is 14.1. The van der Waals surface area contributed by atoms with E-state index in [1.165, 1.54) is 17.8 Å². The Bertz CT molecular complexity index is 1020. The normalized spacial score (nSPS) is 15.0. The van der Waals surface area contributed by atoms with E-state index in [2.05, 4.69) is 15.3 Å². The molecule has 8 heteroatoms. The highest BCUT2D eigenvalue weighted by Gasteiger charge is 2.23. The minimum absolute atomic E-state index is 0.229. The lowest BCUT2D eigenvalue weighted by atomic mass is 10.1. The summed E-state index contributed by atoms with van der Waals surface area (Å²) in [6.45, 7) is 0.229. The molecule has 0 N–H and O–H groups in total. The highest BCUT2D eigenvalue weighted by Crippen LogP contribution is 2.34. The average molecular weight is 354 g/mol. The molecule has 0 aliphatic carbocycles. The Hall–Kier alpha value is -2.87. The van der Waals surface area contributed by atoms with Crippen LogP contribution < -0.4 is 9.47 Å². The smallest absolute Gasteiger partial charge is 0.231 e. The van der Waals surface area contributed by atoms with Gasteiger partial charge in [0.1, 0.15) is 5.82 Å². The molecule has 1 aromatic heterocycles. The van der Waals surface area contributed by atoms with Crippen LogP contribution in [0.25, 0.3) is 11.4 Å². The molecule has 0 saturated carbocycles. The number of aromatic nitrogens is 3. The molecule has 3 aromatic rings. The molecule has 25 heavy (non-hydrogen) atoms. The predicted molar refractivity (Wildman–Crippen MR) is 90.6 cm³/mol. The number of hydrogen-bond acceptors (Lipinski definition) is 6. The second-order valence-electron chi connectivity index (χ2n) is 5.50. The van der Waals surface area contributed by atoms with Crippen LogP contribution in [0.4, 0.5) is 4.39 Å². The van der Waals surface area contributed by atoms with Crippen LogP contribution in [0.2, 0.25) is 0 Å². The number of ether oxygens (including phenoxy) is 2. The summed E-state index contributed by atoms with van der Waals surface area (Å²) in [5.41, 5.74) is 2.14. The summed E-state index contributed by atoms with van der Waals surface area (Å²) in [5.74, 6) is 2.11. The summed E-state index contributed by atoms with van der Waals surface area (Å²) in [6.07, 6.45) is 0. The number of benzene rings is 2. The lowest BCUT2D eigenvalue weighted by molar-refractivity contribution is 0.174. The van der Waals surface area contributed by atoms with Gasteiger partial charge in [0.05, 0.1) is 11.3 Å². The fraction of sp³-hybridized carbons (Fsp3) is 0.118. The molecule has 0 fully saturated rings. The number of fused-ring (bicyclic) bond motifs is 2. The molecule has 0 atom stereocenters. The van der Waals surface area contributed by atoms with Gasteiger partial charge in [0, 0.05) is 11.3 Å². The third kappa shape index (κ3) is 2.37. The molecule has 2 aliphatic rings. The summed E-state index contributed by atoms with van der Waals surface area (Å²) >= 11 is 1.51. The molecule has 0 radical (unpaired) electrons. The zero-order valence-corrected chi connectivity index (χ0v) is 13.7. The van der Waals surface area contributed by atoms with Gasteiger partial charge in [-0.1, -0.05) is 23.9 Å². The minimum atomic E-state index is -0.354. The minimum Gasteiger partial charge on any atom is -0.454 e. The van der Waals surface area contributed by atoms with E-state index in [0.717, 1.165) is 17.0 Å². The Morgan fingerprint density at radius 3 is 2.84 bits per heavy atom. The van der Waals surface area contributed by atoms with E-state index < -0.39 is 0 Å². The second-order valence-corrected chi connectivity index (χ2v) is 6.44. The number of nitrogens with zero attached hydrogens (tertiary/aromatic N) is 4. The predicted octanol–water partition coefficient (Wildman–Crippen LogP) is 3.17. The Labute approximate surface area is 146 Å². The molecule has 6 nitrogen and oxygen atoms in total. The van der Waals surface area contributed by atoms with E-state index in [1.807, 2.05) is 18.2 Å². The summed E-state index contributed by atoms with van der Waals surface area (Å²) in [5, 5.41) is 13.5. The second kappa shape index (κ2) is 5.59. The first-order chi connectivity index (χ1) is 12.3. The molecule has 0 amide bonds. The first kappa shape index (κ1) is 14.5. The van der Waals surface area contributed by atoms with Crippen LogP contribution in [-0.4, -0.2) is 33.1 Å². The lowest BCUT2D eigenvalue weighted by Crippen LogP contribution is -2.14. The first-order valence-electron chi connectivity index (χ1n) is 7.60. The molecule has 0 saturated heterocycles. The van der Waals surface area contributed by atoms with Crippen molar-refractivity contribution in [2.75, 3.05) is 12.5 Å². The molecule has 0 spiro atoms. The van der Waals surface area contributed by atoms with Crippen LogP contribution in [0.5, 0.6) is 11.5 Å². The van der Waals surface area contributed by atoms with Gasteiger partial charge in [0.2, 0.25) is 11.9 Å². The Morgan fingerprint density at radius 1 is 1.04 bits per heavy atom. The maximum Gasteiger partial charge on any atom is 0.231 e. The van der Waals surface area contributed by atoms with E-state index >= 15 is 0 Å². The van der Waals surface area contributed by atoms with E-state index in [-0.39, 0.29) is 12.6 Å². The first-order valence-corrected chi connectivity index (χ1v) is 8.59. The van der Waals surface area contributed by atoms with Crippen molar-refractivity contribution in [3.05, 3.63) is 53.8 Å². The average Bonchev–Trinajstić information content (AvgIpc) is 3.27. The summed E-state index contributed by atoms with van der Waals surface area (Å²) in [7, 11) is 0. The third-order valence-electron chi connectivity index (χ3n) is 3.99. The van der Waals surface area contributed by atoms with Crippen molar-refractivity contribution < 1.29 is 13.9 Å². The quantitative estimate of drug-likeness (QED) is 0.707. The van der Waals surface area contributed by atoms with Crippen LogP contribution in [0.15, 0.2) is 52.7 Å². The van der Waals surface area contributed by atoms with Gasteiger partial charge in [-0.3, -0.25) is 0 Å². The van der Waals surface area contributed by atoms with E-state index in [0.29, 0.717) is 28.0 Å². The molecule has 3 heterocycles. The van der Waals surface area contributed by atoms with Crippen LogP contribution in [-0.2, 0) is 0 Å². The van der Waals surface area contributed by atoms with Gasteiger partial charge in [0.25, 0.3) is 0 Å². The zero-order chi connectivity index (χ0) is 16.8. The van der Waals surface area contributed by atoms with Crippen molar-refractivity contribution in [3.8, 4) is 22.9 Å². The highest BCUT2D eigenvalue weighted by atomic mass is 32.2. The molecular weight excluding hydrogens is 343 g/mol. The van der Waals surface area contributed by atoms with Crippen LogP contribution in [0.1, 0.15) is 5.56 Å². The topological polar surface area (TPSA) is 61.5 Å². The Kier molecular flexibility index (Phi) is 3.24. The van der Waals surface area contributed by atoms with Gasteiger partial charge in [-0.05, 0) is 30.3 Å². The lowest BCUT2D eigenvalue weighted by Gasteiger charge is -2.14. The van der Waals surface area contributed by atoms with Crippen molar-refractivity contribution in [2.24, 2.45) is 5.10 Å². The summed E-state index contributed by atoms with van der Waals surface area (Å²) < 4.78 is 26.5. The van der Waals surface area contributed by atoms with Gasteiger partial charge in [-0.25, -0.2) is 4.39 Å². The summed E-state index contributed by atoms with van der Waals surface area (Å²) in [4.78, 5) is 0. The van der Waals surface area contributed by atoms with Crippen LogP contribution in [0.3, 0.4) is 0 Å². The van der Waals surface area contributed by atoms with Gasteiger partial charge < -0.3 is 9.47 Å². The molecule has 0 unspecified atom stereocenters. The SMILES string of the molecule is Fc1ccccc1-c1nnc2n1N=C(c1ccc3c(c1)OCO3)CS2. The van der Waals surface area contributed by atoms with Gasteiger partial charge in [-0.2, -0.15) is 9.78 Å². The highest BCUT2D eigenvalue weighted by molar-refractivity contribution is 7.99. The third-order valence-corrected chi connectivity index (χ3v) is 4.92. The fourth-order valence-corrected chi connectivity index (χ4v) is 3.59. The van der Waals surface area contributed by atoms with Crippen molar-refractivity contribution in [1.82, 2.24) is 14.9 Å². The van der Waals surface area contributed by atoms with Crippen molar-refractivity contribution in [2.45, 2.75) is 5.16 Å². The fourth-order valence-electron chi connectivity index (χ4n) is 2.76. The maximum absolute atomic E-state index is 14.1. The van der Waals surface area contributed by atoms with Gasteiger partial charge in [0.15, 0.2) is 17.3 Å². The number of rotatable bonds is 2. The van der Waals surface area contributed by atoms with Crippen molar-refractivity contribution in [1.29, 1.82) is 0 Å². The summed E-state index contributed by atoms with van der Waals surface area (Å²) in [6, 6.07) is 12.2. The molecule has 0 bridgehead atoms. The standard InChI is InChI=1S/C17H11FN4O2S/c18-12-4-2-1-3-11(12)16-19-20-17-22(16)21-13(8-25-17)10-5-6-14-15(7-10)24-9-23-14/h1-7H,8-9H2. The molecule has 2 aliphatic heterocycles. The van der Waals surface area contributed by atoms with E-state index in [4.69, 9.17) is 9.47 Å². The Balaban J connectivity index is 1.60. The van der Waals surface area contributed by atoms with Crippen molar-refractivity contribution >= 4 is 17.5 Å². The largest absolute Gasteiger partial charge is 0.454 e. The van der Waals surface area contributed by atoms with Crippen molar-refractivity contribution in [3.63, 3.8) is 0 Å². The molecule has 124 valence electrons. The number of hydrogen-bond donors (Lipinski definition) is 0. The van der Waals surface area contributed by atoms with Gasteiger partial charge in [-0.15, -0.1) is 10.2 Å². The van der Waals surface area contributed by atoms with Crippen LogP contribution >= 0.6 is 11.8 Å². The zero-order valence-electron chi connectivity index (χ0n) is 12.8. The molecular formula is C17H11FN4O2S. The number of halogens is 1. The number of thioether (sulfide) groups is 1. The van der Waals surface area contributed by atoms with Gasteiger partial charge >= 0.3 is 0 Å². The van der Waals surface area contributed by atoms with Crippen LogP contribution in [0, 0.1) is 5.82 Å². The Morgan fingerprint density at radius 2 is 1.92 bits per heavy atom. The molecule has 5 rings (SSSR count). The van der Waals surface area contributed by atoms with E-state index in [1.54, 1.807) is 22.9 Å². The monoisotopic (exact) mass is 354 g/mol. The van der Waals surface area contributed by atoms with E-state index in [9.17, 15) is 4.39 Å².